The molecule has 0 unspecified atom stereocenters. The second-order valence-electron chi connectivity index (χ2n) is 1.75. The van der Waals surface area contributed by atoms with Crippen molar-refractivity contribution in [2.45, 2.75) is 27.7 Å². The number of rotatable bonds is 0. The van der Waals surface area contributed by atoms with Gasteiger partial charge in [0.2, 0.25) is 0 Å². The molecule has 0 atom stereocenters. The molecular formula is C12H16. The van der Waals surface area contributed by atoms with Gasteiger partial charge in [0.25, 0.3) is 0 Å². The Morgan fingerprint density at radius 3 is 1.25 bits per heavy atom. The molecule has 0 saturated carbocycles. The third-order valence-electron chi connectivity index (χ3n) is 1.12. The highest BCUT2D eigenvalue weighted by molar-refractivity contribution is 5.13. The predicted molar refractivity (Wildman–Crippen MR) is 53.9 cm³/mol. The van der Waals surface area contributed by atoms with E-state index in [1.54, 1.807) is 0 Å². The normalized spacial score (nSPS) is 5.67. The van der Waals surface area contributed by atoms with Crippen LogP contribution < -0.4 is 0 Å². The van der Waals surface area contributed by atoms with Crippen LogP contribution in [0.4, 0.5) is 0 Å². The summed E-state index contributed by atoms with van der Waals surface area (Å²) < 4.78 is 0. The molecule has 64 valence electrons. The van der Waals surface area contributed by atoms with Crippen LogP contribution in [-0.4, -0.2) is 0 Å². The van der Waals surface area contributed by atoms with Gasteiger partial charge in [-0.2, -0.15) is 0 Å². The van der Waals surface area contributed by atoms with Crippen molar-refractivity contribution >= 4 is 0 Å². The molecule has 0 heterocycles. The zero-order chi connectivity index (χ0) is 9.98. The van der Waals surface area contributed by atoms with Gasteiger partial charge in [-0.05, 0) is 26.0 Å². The first-order chi connectivity index (χ1) is 5.80. The first kappa shape index (κ1) is 13.2. The zero-order valence-corrected chi connectivity index (χ0v) is 8.41. The summed E-state index contributed by atoms with van der Waals surface area (Å²) in [5.41, 5.74) is 2.20. The summed E-state index contributed by atoms with van der Waals surface area (Å²) in [6.45, 7) is 14.0. The summed E-state index contributed by atoms with van der Waals surface area (Å²) in [5, 5.41) is 0. The molecule has 0 aliphatic rings. The van der Waals surface area contributed by atoms with E-state index in [1.807, 2.05) is 27.7 Å². The summed E-state index contributed by atoms with van der Waals surface area (Å²) >= 11 is 0. The van der Waals surface area contributed by atoms with E-state index in [4.69, 9.17) is 0 Å². The van der Waals surface area contributed by atoms with Gasteiger partial charge in [0.15, 0.2) is 0 Å². The molecule has 0 N–H and O–H groups in total. The lowest BCUT2D eigenvalue weighted by Crippen LogP contribution is -1.70. The van der Waals surface area contributed by atoms with Gasteiger partial charge in [0, 0.05) is 11.1 Å². The molecule has 0 spiro atoms. The van der Waals surface area contributed by atoms with Gasteiger partial charge in [-0.15, -0.1) is 13.2 Å². The third kappa shape index (κ3) is 5.39. The fraction of sp³-hybridized carbons (Fsp3) is 0.333. The fourth-order valence-corrected chi connectivity index (χ4v) is 0.438. The van der Waals surface area contributed by atoms with E-state index >= 15 is 0 Å². The van der Waals surface area contributed by atoms with E-state index in [2.05, 4.69) is 37.4 Å². The van der Waals surface area contributed by atoms with Crippen molar-refractivity contribution in [2.24, 2.45) is 0 Å². The molecule has 0 bridgehead atoms. The van der Waals surface area contributed by atoms with E-state index in [-0.39, 0.29) is 0 Å². The van der Waals surface area contributed by atoms with E-state index in [9.17, 15) is 0 Å². The highest BCUT2D eigenvalue weighted by atomic mass is 13.8. The average Bonchev–Trinajstić information content (AvgIpc) is 2.17. The average molecular weight is 160 g/mol. The summed E-state index contributed by atoms with van der Waals surface area (Å²) in [6, 6.07) is 11.2. The Kier molecular flexibility index (Phi) is 10.6. The van der Waals surface area contributed by atoms with E-state index in [0.29, 0.717) is 0 Å². The fourth-order valence-electron chi connectivity index (χ4n) is 0.438. The standard InChI is InChI=1S/C8H6.C2H6.C2H4/c1-7-5-3-4-6-8(7)2;2*1-2/h1-2H3;1-2H3;1-2H2. The monoisotopic (exact) mass is 160 g/mol. The Labute approximate surface area is 76.9 Å². The van der Waals surface area contributed by atoms with Crippen molar-refractivity contribution in [1.29, 1.82) is 0 Å². The van der Waals surface area contributed by atoms with Gasteiger partial charge in [-0.1, -0.05) is 26.0 Å². The van der Waals surface area contributed by atoms with Crippen LogP contribution in [0.1, 0.15) is 25.0 Å². The molecule has 0 saturated heterocycles. The van der Waals surface area contributed by atoms with Crippen molar-refractivity contribution in [3.05, 3.63) is 48.6 Å². The zero-order valence-electron chi connectivity index (χ0n) is 8.41. The molecule has 0 radical (unpaired) electrons. The maximum atomic E-state index is 3.00. The molecule has 0 aliphatic heterocycles. The molecule has 0 fully saturated rings. The van der Waals surface area contributed by atoms with Crippen LogP contribution in [0.25, 0.3) is 0 Å². The minimum Gasteiger partial charge on any atom is -0.106 e. The van der Waals surface area contributed by atoms with Crippen molar-refractivity contribution < 1.29 is 0 Å². The minimum atomic E-state index is 1.10. The summed E-state index contributed by atoms with van der Waals surface area (Å²) in [6.07, 6.45) is 0. The van der Waals surface area contributed by atoms with Crippen LogP contribution in [0.3, 0.4) is 0 Å². The van der Waals surface area contributed by atoms with Crippen LogP contribution in [0, 0.1) is 38.1 Å². The molecule has 1 aromatic carbocycles. The molecule has 0 aromatic heterocycles. The minimum absolute atomic E-state index is 1.10. The summed E-state index contributed by atoms with van der Waals surface area (Å²) in [5.74, 6) is 0. The Morgan fingerprint density at radius 2 is 1.08 bits per heavy atom. The Morgan fingerprint density at radius 1 is 0.833 bits per heavy atom. The molecular weight excluding hydrogens is 144 g/mol. The van der Waals surface area contributed by atoms with Crippen LogP contribution in [0.2, 0.25) is 0 Å². The Balaban J connectivity index is 0. The molecule has 1 aromatic rings. The molecule has 12 heavy (non-hydrogen) atoms. The Bertz CT molecular complexity index is 168. The molecule has 0 heteroatoms. The highest BCUT2D eigenvalue weighted by Gasteiger charge is 1.81. The second kappa shape index (κ2) is 9.60. The molecule has 1 rings (SSSR count). The lowest BCUT2D eigenvalue weighted by Gasteiger charge is -1.83. The summed E-state index contributed by atoms with van der Waals surface area (Å²) in [7, 11) is 0. The van der Waals surface area contributed by atoms with Crippen LogP contribution in [0.5, 0.6) is 0 Å². The van der Waals surface area contributed by atoms with Crippen molar-refractivity contribution in [1.82, 2.24) is 0 Å². The number of hydrogen-bond donors (Lipinski definition) is 0. The second-order valence-corrected chi connectivity index (χ2v) is 1.75. The van der Waals surface area contributed by atoms with E-state index < -0.39 is 0 Å². The first-order valence-corrected chi connectivity index (χ1v) is 4.00. The maximum Gasteiger partial charge on any atom is 0.0112 e. The molecule has 0 nitrogen and oxygen atoms in total. The van der Waals surface area contributed by atoms with E-state index in [1.165, 1.54) is 0 Å². The van der Waals surface area contributed by atoms with Gasteiger partial charge >= 0.3 is 0 Å². The Hall–Kier alpha value is -1.40. The van der Waals surface area contributed by atoms with Gasteiger partial charge in [0.1, 0.15) is 0 Å². The number of hydrogen-bond acceptors (Lipinski definition) is 0. The van der Waals surface area contributed by atoms with Crippen molar-refractivity contribution in [3.63, 3.8) is 0 Å². The lowest BCUT2D eigenvalue weighted by atomic mass is 10.2. The topological polar surface area (TPSA) is 0 Å². The van der Waals surface area contributed by atoms with Gasteiger partial charge in [-0.3, -0.25) is 0 Å². The van der Waals surface area contributed by atoms with Crippen LogP contribution in [0.15, 0.2) is 13.2 Å². The van der Waals surface area contributed by atoms with Gasteiger partial charge in [0.05, 0.1) is 0 Å². The smallest absolute Gasteiger partial charge is 0.0112 e. The van der Waals surface area contributed by atoms with Gasteiger partial charge in [-0.25, -0.2) is 0 Å². The maximum absolute atomic E-state index is 3.00. The molecule has 0 amide bonds. The van der Waals surface area contributed by atoms with E-state index in [0.717, 1.165) is 11.1 Å². The summed E-state index contributed by atoms with van der Waals surface area (Å²) in [4.78, 5) is 0. The lowest BCUT2D eigenvalue weighted by molar-refractivity contribution is 1.36. The predicted octanol–water partition coefficient (Wildman–Crippen LogP) is 3.33. The van der Waals surface area contributed by atoms with Crippen molar-refractivity contribution in [3.8, 4) is 0 Å². The quantitative estimate of drug-likeness (QED) is 0.511. The molecule has 0 aliphatic carbocycles. The highest BCUT2D eigenvalue weighted by Crippen LogP contribution is 1.93. The van der Waals surface area contributed by atoms with Crippen LogP contribution >= 0.6 is 0 Å². The first-order valence-electron chi connectivity index (χ1n) is 4.00. The van der Waals surface area contributed by atoms with Gasteiger partial charge < -0.3 is 0 Å². The van der Waals surface area contributed by atoms with Crippen molar-refractivity contribution in [2.75, 3.05) is 0 Å². The third-order valence-corrected chi connectivity index (χ3v) is 1.12. The van der Waals surface area contributed by atoms with Crippen LogP contribution in [-0.2, 0) is 0 Å². The largest absolute Gasteiger partial charge is 0.106 e. The SMILES string of the molecule is C=C.CC.Cc1c#cc#cc1C.